The van der Waals surface area contributed by atoms with Crippen LogP contribution in [-0.4, -0.2) is 14.8 Å². The fraction of sp³-hybridized carbons (Fsp3) is 0.100. The minimum absolute atomic E-state index is 0.0300. The van der Waals surface area contributed by atoms with Crippen LogP contribution in [0.2, 0.25) is 0 Å². The molecule has 6 heteroatoms. The third-order valence-electron chi connectivity index (χ3n) is 4.17. The first kappa shape index (κ1) is 16.2. The quantitative estimate of drug-likeness (QED) is 0.581. The molecule has 0 saturated carbocycles. The first-order valence-corrected chi connectivity index (χ1v) is 8.22. The highest BCUT2D eigenvalue weighted by Crippen LogP contribution is 2.27. The molecule has 26 heavy (non-hydrogen) atoms. The van der Waals surface area contributed by atoms with Gasteiger partial charge in [-0.15, -0.1) is 0 Å². The molecule has 4 nitrogen and oxygen atoms in total. The molecule has 1 N–H and O–H groups in total. The summed E-state index contributed by atoms with van der Waals surface area (Å²) in [6, 6.07) is 13.8. The molecule has 0 spiro atoms. The maximum absolute atomic E-state index is 14.2. The van der Waals surface area contributed by atoms with Crippen LogP contribution in [0.4, 0.5) is 14.5 Å². The number of hydrogen-bond acceptors (Lipinski definition) is 3. The first-order chi connectivity index (χ1) is 12.7. The fourth-order valence-electron chi connectivity index (χ4n) is 2.96. The lowest BCUT2D eigenvalue weighted by molar-refractivity contribution is 0.615. The lowest BCUT2D eigenvalue weighted by Gasteiger charge is -2.11. The molecule has 2 aromatic heterocycles. The Morgan fingerprint density at radius 1 is 0.923 bits per heavy atom. The van der Waals surface area contributed by atoms with Gasteiger partial charge in [0.2, 0.25) is 0 Å². The average molecular weight is 350 g/mol. The Labute approximate surface area is 149 Å². The largest absolute Gasteiger partial charge is 0.380 e. The molecule has 0 saturated heterocycles. The Morgan fingerprint density at radius 3 is 2.62 bits per heavy atom. The first-order valence-electron chi connectivity index (χ1n) is 8.22. The number of hydrogen-bond donors (Lipinski definition) is 1. The van der Waals surface area contributed by atoms with Crippen molar-refractivity contribution in [3.63, 3.8) is 0 Å². The van der Waals surface area contributed by atoms with E-state index >= 15 is 0 Å². The van der Waals surface area contributed by atoms with Crippen molar-refractivity contribution in [1.82, 2.24) is 14.8 Å². The Morgan fingerprint density at radius 2 is 1.77 bits per heavy atom. The normalized spacial score (nSPS) is 11.0. The third-order valence-corrected chi connectivity index (χ3v) is 4.17. The summed E-state index contributed by atoms with van der Waals surface area (Å²) in [4.78, 5) is 3.95. The van der Waals surface area contributed by atoms with Crippen LogP contribution in [0, 0.1) is 11.6 Å². The Hall–Kier alpha value is -3.28. The molecule has 4 rings (SSSR count). The smallest absolute Gasteiger partial charge is 0.149 e. The predicted octanol–water partition coefficient (Wildman–Crippen LogP) is 4.37. The molecule has 4 aromatic rings. The van der Waals surface area contributed by atoms with E-state index in [2.05, 4.69) is 21.5 Å². The summed E-state index contributed by atoms with van der Waals surface area (Å²) in [5.74, 6) is -1.03. The summed E-state index contributed by atoms with van der Waals surface area (Å²) >= 11 is 0. The molecule has 130 valence electrons. The Kier molecular flexibility index (Phi) is 4.31. The van der Waals surface area contributed by atoms with Crippen molar-refractivity contribution in [2.24, 2.45) is 0 Å². The lowest BCUT2D eigenvalue weighted by atomic mass is 10.1. The van der Waals surface area contributed by atoms with E-state index in [9.17, 15) is 8.78 Å². The van der Waals surface area contributed by atoms with Crippen LogP contribution in [0.1, 0.15) is 11.1 Å². The van der Waals surface area contributed by atoms with Gasteiger partial charge in [0.25, 0.3) is 0 Å². The number of rotatable bonds is 5. The van der Waals surface area contributed by atoms with E-state index < -0.39 is 11.6 Å². The topological polar surface area (TPSA) is 42.7 Å². The van der Waals surface area contributed by atoms with E-state index in [1.54, 1.807) is 12.3 Å². The second kappa shape index (κ2) is 6.92. The Balaban J connectivity index is 1.56. The van der Waals surface area contributed by atoms with Gasteiger partial charge in [-0.25, -0.2) is 8.78 Å². The summed E-state index contributed by atoms with van der Waals surface area (Å²) in [5.41, 5.74) is 2.70. The molecular weight excluding hydrogens is 334 g/mol. The number of aromatic nitrogens is 3. The maximum atomic E-state index is 14.2. The maximum Gasteiger partial charge on any atom is 0.149 e. The molecular formula is C20H16F2N4. The molecule has 2 heterocycles. The van der Waals surface area contributed by atoms with Crippen molar-refractivity contribution in [3.05, 3.63) is 89.9 Å². The van der Waals surface area contributed by atoms with Gasteiger partial charge in [0.15, 0.2) is 0 Å². The number of nitrogens with one attached hydrogen (secondary N) is 1. The summed E-state index contributed by atoms with van der Waals surface area (Å²) in [5, 5.41) is 7.56. The van der Waals surface area contributed by atoms with E-state index in [-0.39, 0.29) is 10.9 Å². The molecule has 0 aliphatic rings. The standard InChI is InChI=1S/C20H16F2N4/c21-16-5-6-17(22)20-19(16)18(7-9-23-20)24-12-14-3-1-4-15(11-14)13-26-10-2-8-25-26/h1-11H,12-13H2,(H,23,24). The molecule has 0 atom stereocenters. The summed E-state index contributed by atoms with van der Waals surface area (Å²) < 4.78 is 29.9. The van der Waals surface area contributed by atoms with Crippen molar-refractivity contribution in [2.75, 3.05) is 5.32 Å². The number of nitrogens with zero attached hydrogens (tertiary/aromatic N) is 3. The van der Waals surface area contributed by atoms with Crippen LogP contribution >= 0.6 is 0 Å². The van der Waals surface area contributed by atoms with Gasteiger partial charge >= 0.3 is 0 Å². The van der Waals surface area contributed by atoms with Gasteiger partial charge in [-0.05, 0) is 35.4 Å². The fourth-order valence-corrected chi connectivity index (χ4v) is 2.96. The zero-order valence-electron chi connectivity index (χ0n) is 13.9. The van der Waals surface area contributed by atoms with E-state index in [1.165, 1.54) is 6.20 Å². The van der Waals surface area contributed by atoms with Crippen LogP contribution in [-0.2, 0) is 13.1 Å². The molecule has 0 aliphatic heterocycles. The highest BCUT2D eigenvalue weighted by atomic mass is 19.1. The molecule has 0 bridgehead atoms. The highest BCUT2D eigenvalue weighted by molar-refractivity contribution is 5.91. The molecule has 0 aliphatic carbocycles. The van der Waals surface area contributed by atoms with Crippen LogP contribution in [0.15, 0.2) is 67.1 Å². The van der Waals surface area contributed by atoms with Crippen molar-refractivity contribution in [1.29, 1.82) is 0 Å². The van der Waals surface area contributed by atoms with Gasteiger partial charge in [-0.3, -0.25) is 9.67 Å². The molecule has 0 fully saturated rings. The van der Waals surface area contributed by atoms with Gasteiger partial charge in [0.1, 0.15) is 17.2 Å². The van der Waals surface area contributed by atoms with Gasteiger partial charge in [0, 0.05) is 30.8 Å². The monoisotopic (exact) mass is 350 g/mol. The van der Waals surface area contributed by atoms with Gasteiger partial charge in [0.05, 0.1) is 11.9 Å². The summed E-state index contributed by atoms with van der Waals surface area (Å²) in [6.45, 7) is 1.17. The number of fused-ring (bicyclic) bond motifs is 1. The molecule has 0 amide bonds. The molecule has 2 aromatic carbocycles. The highest BCUT2D eigenvalue weighted by Gasteiger charge is 2.11. The zero-order valence-corrected chi connectivity index (χ0v) is 13.9. The third kappa shape index (κ3) is 3.26. The van der Waals surface area contributed by atoms with Gasteiger partial charge in [-0.1, -0.05) is 24.3 Å². The van der Waals surface area contributed by atoms with Crippen molar-refractivity contribution in [3.8, 4) is 0 Å². The van der Waals surface area contributed by atoms with Crippen molar-refractivity contribution in [2.45, 2.75) is 13.1 Å². The van der Waals surface area contributed by atoms with E-state index in [1.807, 2.05) is 35.1 Å². The number of benzene rings is 2. The zero-order chi connectivity index (χ0) is 17.9. The van der Waals surface area contributed by atoms with Crippen molar-refractivity contribution < 1.29 is 8.78 Å². The number of pyridine rings is 1. The van der Waals surface area contributed by atoms with Crippen LogP contribution in [0.25, 0.3) is 10.9 Å². The van der Waals surface area contributed by atoms with E-state index in [4.69, 9.17) is 0 Å². The van der Waals surface area contributed by atoms with Gasteiger partial charge < -0.3 is 5.32 Å². The minimum atomic E-state index is -0.536. The van der Waals surface area contributed by atoms with Crippen LogP contribution in [0.3, 0.4) is 0 Å². The van der Waals surface area contributed by atoms with E-state index in [0.29, 0.717) is 18.8 Å². The van der Waals surface area contributed by atoms with Crippen LogP contribution in [0.5, 0.6) is 0 Å². The van der Waals surface area contributed by atoms with E-state index in [0.717, 1.165) is 23.3 Å². The number of halogens is 2. The van der Waals surface area contributed by atoms with Crippen molar-refractivity contribution >= 4 is 16.6 Å². The van der Waals surface area contributed by atoms with Crippen LogP contribution < -0.4 is 5.32 Å². The lowest BCUT2D eigenvalue weighted by Crippen LogP contribution is -2.04. The predicted molar refractivity (Wildman–Crippen MR) is 96.8 cm³/mol. The summed E-state index contributed by atoms with van der Waals surface area (Å²) in [6.07, 6.45) is 5.13. The molecule has 0 radical (unpaired) electrons. The minimum Gasteiger partial charge on any atom is -0.380 e. The number of anilines is 1. The Bertz CT molecular complexity index is 1050. The van der Waals surface area contributed by atoms with Gasteiger partial charge in [-0.2, -0.15) is 5.10 Å². The SMILES string of the molecule is Fc1ccc(F)c2c(NCc3cccc(Cn4cccn4)c3)ccnc12. The average Bonchev–Trinajstić information content (AvgIpc) is 3.16. The second-order valence-corrected chi connectivity index (χ2v) is 5.99. The molecule has 0 unspecified atom stereocenters. The summed E-state index contributed by atoms with van der Waals surface area (Å²) in [7, 11) is 0. The second-order valence-electron chi connectivity index (χ2n) is 5.99.